The first-order valence-electron chi connectivity index (χ1n) is 8.83. The summed E-state index contributed by atoms with van der Waals surface area (Å²) in [4.78, 5) is 22.5. The van der Waals surface area contributed by atoms with Gasteiger partial charge in [-0.3, -0.25) is 9.59 Å². The molecule has 0 fully saturated rings. The summed E-state index contributed by atoms with van der Waals surface area (Å²) in [5.74, 6) is 1.80. The zero-order chi connectivity index (χ0) is 19.7. The zero-order valence-electron chi connectivity index (χ0n) is 15.5. The Kier molecular flexibility index (Phi) is 4.57. The average molecular weight is 374 g/mol. The van der Waals surface area contributed by atoms with Gasteiger partial charge in [0, 0.05) is 28.6 Å². The molecule has 5 nitrogen and oxygen atoms in total. The molecule has 0 spiro atoms. The Morgan fingerprint density at radius 3 is 2.50 bits per heavy atom. The lowest BCUT2D eigenvalue weighted by molar-refractivity contribution is -0.109. The second-order valence-electron chi connectivity index (χ2n) is 6.45. The van der Waals surface area contributed by atoms with Crippen LogP contribution in [0.3, 0.4) is 0 Å². The monoisotopic (exact) mass is 374 g/mol. The molecule has 2 aromatic carbocycles. The Balaban J connectivity index is 2.04. The first-order valence-corrected chi connectivity index (χ1v) is 8.83. The Bertz CT molecular complexity index is 1210. The van der Waals surface area contributed by atoms with Crippen molar-refractivity contribution in [2.24, 2.45) is 0 Å². The maximum Gasteiger partial charge on any atom is 0.182 e. The number of hydrogen-bond acceptors (Lipinski definition) is 5. The molecule has 1 aliphatic carbocycles. The van der Waals surface area contributed by atoms with Crippen LogP contribution in [0.5, 0.6) is 11.5 Å². The van der Waals surface area contributed by atoms with Crippen LogP contribution in [0, 0.1) is 6.92 Å². The Hall–Kier alpha value is -3.60. The summed E-state index contributed by atoms with van der Waals surface area (Å²) < 4.78 is 16.7. The number of aryl methyl sites for hydroxylation is 1. The van der Waals surface area contributed by atoms with Crippen molar-refractivity contribution in [3.8, 4) is 33.9 Å². The number of carbonyl (C=O) groups excluding carboxylic acids is 1. The summed E-state index contributed by atoms with van der Waals surface area (Å²) >= 11 is 0. The fourth-order valence-electron chi connectivity index (χ4n) is 3.40. The van der Waals surface area contributed by atoms with Gasteiger partial charge in [0.25, 0.3) is 0 Å². The molecular formula is C23H18O5. The molecule has 140 valence electrons. The summed E-state index contributed by atoms with van der Waals surface area (Å²) in [5.41, 5.74) is 4.33. The fraction of sp³-hybridized carbons (Fsp3) is 0.130. The standard InChI is InChI=1S/C23H18O5/c1-14-11-16(26-2)4-7-18(14)23-19-6-3-15(25)12-21(19)28-22-13-17(27-10-9-24)5-8-20(22)23/h3-9,11-13H,10H2,1-2H3. The Morgan fingerprint density at radius 2 is 1.75 bits per heavy atom. The predicted octanol–water partition coefficient (Wildman–Crippen LogP) is 4.46. The van der Waals surface area contributed by atoms with E-state index < -0.39 is 0 Å². The molecule has 0 amide bonds. The van der Waals surface area contributed by atoms with Crippen molar-refractivity contribution in [2.45, 2.75) is 6.92 Å². The van der Waals surface area contributed by atoms with Crippen molar-refractivity contribution in [3.05, 3.63) is 70.4 Å². The second-order valence-corrected chi connectivity index (χ2v) is 6.45. The molecule has 0 saturated heterocycles. The van der Waals surface area contributed by atoms with Crippen molar-refractivity contribution < 1.29 is 18.7 Å². The highest BCUT2D eigenvalue weighted by atomic mass is 16.5. The molecule has 28 heavy (non-hydrogen) atoms. The van der Waals surface area contributed by atoms with Gasteiger partial charge < -0.3 is 13.9 Å². The minimum absolute atomic E-state index is 0.0335. The van der Waals surface area contributed by atoms with E-state index >= 15 is 0 Å². The Morgan fingerprint density at radius 1 is 0.964 bits per heavy atom. The van der Waals surface area contributed by atoms with Gasteiger partial charge in [0.05, 0.1) is 7.11 Å². The third kappa shape index (κ3) is 3.11. The molecule has 0 N–H and O–H groups in total. The molecule has 4 rings (SSSR count). The second kappa shape index (κ2) is 7.19. The minimum atomic E-state index is -0.124. The third-order valence-electron chi connectivity index (χ3n) is 4.69. The normalized spacial score (nSPS) is 10.9. The van der Waals surface area contributed by atoms with E-state index in [-0.39, 0.29) is 12.0 Å². The first kappa shape index (κ1) is 17.8. The topological polar surface area (TPSA) is 65.7 Å². The number of fused-ring (bicyclic) bond motifs is 2. The van der Waals surface area contributed by atoms with Crippen molar-refractivity contribution in [1.29, 1.82) is 0 Å². The van der Waals surface area contributed by atoms with Crippen LogP contribution in [-0.2, 0) is 4.79 Å². The van der Waals surface area contributed by atoms with E-state index in [0.29, 0.717) is 23.4 Å². The van der Waals surface area contributed by atoms with Crippen LogP contribution >= 0.6 is 0 Å². The number of ether oxygens (including phenoxy) is 2. The van der Waals surface area contributed by atoms with Gasteiger partial charge in [-0.1, -0.05) is 6.07 Å². The lowest BCUT2D eigenvalue weighted by Gasteiger charge is -2.17. The SMILES string of the molecule is COc1ccc(-c2c3ccc(=O)cc-3oc3cc(OCC=O)ccc23)c(C)c1. The lowest BCUT2D eigenvalue weighted by Crippen LogP contribution is -2.01. The van der Waals surface area contributed by atoms with E-state index in [0.717, 1.165) is 33.4 Å². The third-order valence-corrected chi connectivity index (χ3v) is 4.69. The minimum Gasteiger partial charge on any atom is -0.497 e. The number of methoxy groups -OCH3 is 1. The quantitative estimate of drug-likeness (QED) is 0.381. The van der Waals surface area contributed by atoms with Gasteiger partial charge in [0.15, 0.2) is 11.7 Å². The van der Waals surface area contributed by atoms with E-state index in [2.05, 4.69) is 0 Å². The van der Waals surface area contributed by atoms with Crippen LogP contribution < -0.4 is 14.9 Å². The van der Waals surface area contributed by atoms with Crippen LogP contribution in [0.4, 0.5) is 0 Å². The van der Waals surface area contributed by atoms with Crippen molar-refractivity contribution >= 4 is 17.3 Å². The summed E-state index contributed by atoms with van der Waals surface area (Å²) in [6.45, 7) is 1.98. The van der Waals surface area contributed by atoms with Crippen molar-refractivity contribution in [2.75, 3.05) is 13.7 Å². The number of hydrogen-bond donors (Lipinski definition) is 0. The zero-order valence-corrected chi connectivity index (χ0v) is 15.5. The van der Waals surface area contributed by atoms with Crippen molar-refractivity contribution in [3.63, 3.8) is 0 Å². The molecule has 0 radical (unpaired) electrons. The maximum absolute atomic E-state index is 11.9. The molecule has 0 atom stereocenters. The molecule has 5 heteroatoms. The summed E-state index contributed by atoms with van der Waals surface area (Å²) in [6, 6.07) is 16.1. The molecule has 1 aliphatic heterocycles. The van der Waals surface area contributed by atoms with Crippen LogP contribution in [0.1, 0.15) is 5.56 Å². The van der Waals surface area contributed by atoms with Gasteiger partial charge >= 0.3 is 0 Å². The van der Waals surface area contributed by atoms with E-state index in [4.69, 9.17) is 13.9 Å². The molecule has 1 heterocycles. The fourth-order valence-corrected chi connectivity index (χ4v) is 3.40. The highest BCUT2D eigenvalue weighted by Gasteiger charge is 2.19. The Labute approximate surface area is 161 Å². The molecule has 0 saturated carbocycles. The van der Waals surface area contributed by atoms with Gasteiger partial charge in [-0.25, -0.2) is 0 Å². The molecule has 2 aromatic rings. The van der Waals surface area contributed by atoms with E-state index in [1.54, 1.807) is 25.3 Å². The predicted molar refractivity (Wildman–Crippen MR) is 107 cm³/mol. The summed E-state index contributed by atoms with van der Waals surface area (Å²) in [6.07, 6.45) is 0.692. The van der Waals surface area contributed by atoms with E-state index in [1.165, 1.54) is 12.1 Å². The largest absolute Gasteiger partial charge is 0.497 e. The highest BCUT2D eigenvalue weighted by Crippen LogP contribution is 2.42. The molecular weight excluding hydrogens is 356 g/mol. The highest BCUT2D eigenvalue weighted by molar-refractivity contribution is 6.02. The maximum atomic E-state index is 11.9. The average Bonchev–Trinajstić information content (AvgIpc) is 2.70. The number of benzene rings is 3. The van der Waals surface area contributed by atoms with Crippen LogP contribution in [0.2, 0.25) is 0 Å². The van der Waals surface area contributed by atoms with Crippen LogP contribution in [-0.4, -0.2) is 20.0 Å². The first-order chi connectivity index (χ1) is 13.6. The van der Waals surface area contributed by atoms with Gasteiger partial charge in [-0.15, -0.1) is 0 Å². The summed E-state index contributed by atoms with van der Waals surface area (Å²) in [5, 5.41) is 0.887. The van der Waals surface area contributed by atoms with Crippen LogP contribution in [0.15, 0.2) is 63.8 Å². The number of rotatable bonds is 5. The van der Waals surface area contributed by atoms with Gasteiger partial charge in [-0.2, -0.15) is 0 Å². The molecule has 0 bridgehead atoms. The number of aldehydes is 1. The van der Waals surface area contributed by atoms with Gasteiger partial charge in [0.1, 0.15) is 29.4 Å². The molecule has 0 unspecified atom stereocenters. The molecule has 2 aliphatic rings. The van der Waals surface area contributed by atoms with E-state index in [1.807, 2.05) is 31.2 Å². The van der Waals surface area contributed by atoms with Crippen molar-refractivity contribution in [1.82, 2.24) is 0 Å². The van der Waals surface area contributed by atoms with Gasteiger partial charge in [0.2, 0.25) is 0 Å². The van der Waals surface area contributed by atoms with E-state index in [9.17, 15) is 9.59 Å². The lowest BCUT2D eigenvalue weighted by atomic mass is 9.91. The van der Waals surface area contributed by atoms with Crippen LogP contribution in [0.25, 0.3) is 33.4 Å². The number of carbonyl (C=O) groups is 1. The smallest absolute Gasteiger partial charge is 0.182 e. The van der Waals surface area contributed by atoms with Gasteiger partial charge in [-0.05, 0) is 54.4 Å². The summed E-state index contributed by atoms with van der Waals surface area (Å²) in [7, 11) is 1.64. The molecule has 0 aromatic heterocycles.